The van der Waals surface area contributed by atoms with Gasteiger partial charge in [-0.05, 0) is 38.8 Å². The maximum Gasteiger partial charge on any atom is 0.323 e. The highest BCUT2D eigenvalue weighted by atomic mass is 32.2. The molecule has 3 aromatic rings. The van der Waals surface area contributed by atoms with E-state index in [4.69, 9.17) is 4.74 Å². The van der Waals surface area contributed by atoms with Crippen LogP contribution in [0, 0.1) is 6.92 Å². The molecule has 28 heavy (non-hydrogen) atoms. The number of nitrogens with one attached hydrogen (secondary N) is 3. The van der Waals surface area contributed by atoms with Gasteiger partial charge in [0.05, 0.1) is 22.9 Å². The number of thioether (sulfide) groups is 1. The van der Waals surface area contributed by atoms with Gasteiger partial charge >= 0.3 is 11.7 Å². The van der Waals surface area contributed by atoms with Gasteiger partial charge in [0, 0.05) is 12.1 Å². The van der Waals surface area contributed by atoms with Gasteiger partial charge in [-0.1, -0.05) is 23.9 Å². The number of fused-ring (bicyclic) bond motifs is 1. The number of imidazole rings is 2. The SMILES string of the molecule is CCOC(=O)CCCC(Sc1nc2ccccc2[nH]1)C(=O)c1[nH]c(=O)[nH]c1C. The predicted octanol–water partition coefficient (Wildman–Crippen LogP) is 2.96. The average molecular weight is 402 g/mol. The van der Waals surface area contributed by atoms with E-state index < -0.39 is 10.9 Å². The molecule has 3 N–H and O–H groups in total. The van der Waals surface area contributed by atoms with Gasteiger partial charge in [0.1, 0.15) is 5.69 Å². The molecule has 0 aliphatic rings. The van der Waals surface area contributed by atoms with Crippen molar-refractivity contribution >= 4 is 34.5 Å². The van der Waals surface area contributed by atoms with Gasteiger partial charge in [-0.25, -0.2) is 9.78 Å². The lowest BCUT2D eigenvalue weighted by atomic mass is 10.1. The summed E-state index contributed by atoms with van der Waals surface area (Å²) < 4.78 is 4.95. The molecular weight excluding hydrogens is 380 g/mol. The van der Waals surface area contributed by atoms with Gasteiger partial charge in [-0.2, -0.15) is 0 Å². The molecular formula is C19H22N4O4S. The van der Waals surface area contributed by atoms with Crippen LogP contribution in [0.25, 0.3) is 11.0 Å². The minimum Gasteiger partial charge on any atom is -0.466 e. The van der Waals surface area contributed by atoms with Crippen molar-refractivity contribution in [1.29, 1.82) is 0 Å². The van der Waals surface area contributed by atoms with Crippen molar-refractivity contribution in [2.24, 2.45) is 0 Å². The summed E-state index contributed by atoms with van der Waals surface area (Å²) in [4.78, 5) is 49.0. The Bertz CT molecular complexity index is 1000. The third kappa shape index (κ3) is 4.72. The lowest BCUT2D eigenvalue weighted by Crippen LogP contribution is -2.20. The Labute approximate surface area is 165 Å². The van der Waals surface area contributed by atoms with Crippen LogP contribution in [0.1, 0.15) is 42.4 Å². The number of carbonyl (C=O) groups is 2. The smallest absolute Gasteiger partial charge is 0.323 e. The van der Waals surface area contributed by atoms with Crippen LogP contribution in [-0.2, 0) is 9.53 Å². The first-order valence-electron chi connectivity index (χ1n) is 9.08. The number of H-pyrrole nitrogens is 3. The van der Waals surface area contributed by atoms with Crippen molar-refractivity contribution in [2.45, 2.75) is 43.5 Å². The minimum absolute atomic E-state index is 0.204. The Hall–Kier alpha value is -2.81. The van der Waals surface area contributed by atoms with Gasteiger partial charge in [-0.15, -0.1) is 0 Å². The summed E-state index contributed by atoms with van der Waals surface area (Å²) >= 11 is 1.30. The highest BCUT2D eigenvalue weighted by Crippen LogP contribution is 2.29. The molecule has 1 unspecified atom stereocenters. The van der Waals surface area contributed by atoms with Crippen molar-refractivity contribution in [3.05, 3.63) is 46.1 Å². The van der Waals surface area contributed by atoms with E-state index in [1.54, 1.807) is 13.8 Å². The minimum atomic E-state index is -0.500. The van der Waals surface area contributed by atoms with Crippen LogP contribution in [0.5, 0.6) is 0 Å². The van der Waals surface area contributed by atoms with Crippen LogP contribution in [0.3, 0.4) is 0 Å². The first kappa shape index (κ1) is 19.9. The first-order valence-corrected chi connectivity index (χ1v) is 9.96. The maximum atomic E-state index is 13.0. The fraction of sp³-hybridized carbons (Fsp3) is 0.368. The number of hydrogen-bond acceptors (Lipinski definition) is 6. The van der Waals surface area contributed by atoms with Gasteiger partial charge in [0.2, 0.25) is 0 Å². The number of Topliss-reactive ketones (excluding diaryl/α,β-unsaturated/α-hetero) is 1. The highest BCUT2D eigenvalue weighted by Gasteiger charge is 2.26. The number of carbonyl (C=O) groups excluding carboxylic acids is 2. The second kappa shape index (κ2) is 8.92. The van der Waals surface area contributed by atoms with Crippen LogP contribution in [0.15, 0.2) is 34.2 Å². The number of aromatic amines is 3. The molecule has 0 bridgehead atoms. The summed E-state index contributed by atoms with van der Waals surface area (Å²) in [5.74, 6) is -0.487. The number of para-hydroxylation sites is 2. The molecule has 0 radical (unpaired) electrons. The van der Waals surface area contributed by atoms with Crippen molar-refractivity contribution < 1.29 is 14.3 Å². The molecule has 1 atom stereocenters. The second-order valence-corrected chi connectivity index (χ2v) is 7.50. The summed E-state index contributed by atoms with van der Waals surface area (Å²) in [5.41, 5.74) is 2.04. The monoisotopic (exact) mass is 402 g/mol. The van der Waals surface area contributed by atoms with Crippen molar-refractivity contribution in [1.82, 2.24) is 19.9 Å². The van der Waals surface area contributed by atoms with Crippen LogP contribution in [0.2, 0.25) is 0 Å². The Kier molecular flexibility index (Phi) is 6.35. The Morgan fingerprint density at radius 1 is 1.21 bits per heavy atom. The number of nitrogens with zero attached hydrogens (tertiary/aromatic N) is 1. The third-order valence-electron chi connectivity index (χ3n) is 4.23. The number of ketones is 1. The topological polar surface area (TPSA) is 121 Å². The summed E-state index contributed by atoms with van der Waals surface area (Å²) in [6, 6.07) is 7.61. The number of esters is 1. The zero-order chi connectivity index (χ0) is 20.1. The molecule has 0 saturated carbocycles. The number of rotatable bonds is 9. The standard InChI is InChI=1S/C19H22N4O4S/c1-3-27-15(24)10-6-9-14(17(25)16-11(2)20-18(26)23-16)28-19-21-12-7-4-5-8-13(12)22-19/h4-5,7-8,14H,3,6,9-10H2,1-2H3,(H,21,22)(H2,20,23,26). The highest BCUT2D eigenvalue weighted by molar-refractivity contribution is 8.00. The van der Waals surface area contributed by atoms with Gasteiger partial charge in [0.15, 0.2) is 10.9 Å². The molecule has 0 aliphatic carbocycles. The fourth-order valence-corrected chi connectivity index (χ4v) is 4.01. The molecule has 8 nitrogen and oxygen atoms in total. The van der Waals surface area contributed by atoms with E-state index >= 15 is 0 Å². The Morgan fingerprint density at radius 2 is 2.00 bits per heavy atom. The molecule has 0 aliphatic heterocycles. The first-order chi connectivity index (χ1) is 13.5. The van der Waals surface area contributed by atoms with Crippen molar-refractivity contribution in [3.8, 4) is 0 Å². The van der Waals surface area contributed by atoms with Crippen molar-refractivity contribution in [2.75, 3.05) is 6.61 Å². The van der Waals surface area contributed by atoms with Crippen LogP contribution in [0.4, 0.5) is 0 Å². The lowest BCUT2D eigenvalue weighted by Gasteiger charge is -2.13. The largest absolute Gasteiger partial charge is 0.466 e. The Morgan fingerprint density at radius 3 is 2.68 bits per heavy atom. The molecule has 2 heterocycles. The van der Waals surface area contributed by atoms with Gasteiger partial charge in [0.25, 0.3) is 0 Å². The lowest BCUT2D eigenvalue weighted by molar-refractivity contribution is -0.143. The fourth-order valence-electron chi connectivity index (χ4n) is 2.91. The molecule has 0 saturated heterocycles. The van der Waals surface area contributed by atoms with Crippen LogP contribution < -0.4 is 5.69 Å². The molecule has 148 valence electrons. The molecule has 0 amide bonds. The summed E-state index contributed by atoms with van der Waals surface area (Å²) in [5, 5.41) is 0.117. The molecule has 1 aromatic carbocycles. The summed E-state index contributed by atoms with van der Waals surface area (Å²) in [6.45, 7) is 3.76. The second-order valence-electron chi connectivity index (χ2n) is 6.31. The van der Waals surface area contributed by atoms with E-state index in [2.05, 4.69) is 19.9 Å². The maximum absolute atomic E-state index is 13.0. The molecule has 0 spiro atoms. The van der Waals surface area contributed by atoms with E-state index in [9.17, 15) is 14.4 Å². The number of benzene rings is 1. The average Bonchev–Trinajstić information content (AvgIpc) is 3.22. The summed E-state index contributed by atoms with van der Waals surface area (Å²) in [6.07, 6.45) is 1.18. The van der Waals surface area contributed by atoms with E-state index in [0.717, 1.165) is 11.0 Å². The Balaban J connectivity index is 1.78. The van der Waals surface area contributed by atoms with E-state index in [0.29, 0.717) is 30.3 Å². The zero-order valence-corrected chi connectivity index (χ0v) is 16.5. The predicted molar refractivity (Wildman–Crippen MR) is 107 cm³/mol. The van der Waals surface area contributed by atoms with E-state index in [1.807, 2.05) is 24.3 Å². The number of ether oxygens (including phenoxy) is 1. The normalized spacial score (nSPS) is 12.2. The van der Waals surface area contributed by atoms with Gasteiger partial charge < -0.3 is 19.7 Å². The summed E-state index contributed by atoms with van der Waals surface area (Å²) in [7, 11) is 0. The van der Waals surface area contributed by atoms with Crippen LogP contribution in [-0.4, -0.2) is 43.5 Å². The van der Waals surface area contributed by atoms with Gasteiger partial charge in [-0.3, -0.25) is 9.59 Å². The number of hydrogen-bond donors (Lipinski definition) is 3. The van der Waals surface area contributed by atoms with E-state index in [1.165, 1.54) is 11.8 Å². The quantitative estimate of drug-likeness (QED) is 0.287. The zero-order valence-electron chi connectivity index (χ0n) is 15.7. The molecule has 2 aromatic heterocycles. The third-order valence-corrected chi connectivity index (χ3v) is 5.38. The molecule has 9 heteroatoms. The van der Waals surface area contributed by atoms with Crippen molar-refractivity contribution in [3.63, 3.8) is 0 Å². The number of aromatic nitrogens is 4. The number of aryl methyl sites for hydroxylation is 1. The molecule has 0 fully saturated rings. The molecule has 3 rings (SSSR count). The van der Waals surface area contributed by atoms with Crippen LogP contribution >= 0.6 is 11.8 Å². The van der Waals surface area contributed by atoms with E-state index in [-0.39, 0.29) is 23.9 Å².